The zero-order valence-corrected chi connectivity index (χ0v) is 14.7. The van der Waals surface area contributed by atoms with Crippen molar-refractivity contribution < 1.29 is 9.59 Å². The van der Waals surface area contributed by atoms with Crippen LogP contribution in [0.5, 0.6) is 0 Å². The van der Waals surface area contributed by atoms with Crippen molar-refractivity contribution in [3.8, 4) is 0 Å². The lowest BCUT2D eigenvalue weighted by Gasteiger charge is -2.18. The van der Waals surface area contributed by atoms with Crippen molar-refractivity contribution in [1.29, 1.82) is 0 Å². The van der Waals surface area contributed by atoms with E-state index in [2.05, 4.69) is 5.32 Å². The van der Waals surface area contributed by atoms with Crippen molar-refractivity contribution in [3.63, 3.8) is 0 Å². The van der Waals surface area contributed by atoms with E-state index in [4.69, 9.17) is 0 Å². The van der Waals surface area contributed by atoms with Crippen molar-refractivity contribution in [2.24, 2.45) is 0 Å². The molecule has 3 rings (SSSR count). The molecular formula is C19H20N2O2S. The standard InChI is InChI=1S/C19H20N2O2S/c1-13-3-5-14(6-4-13)12-21(2)19(23)15-7-8-17-16(11-15)20-18(22)9-10-24-17/h3-8,11H,9-10,12H2,1-2H3,(H,20,22). The molecule has 124 valence electrons. The molecule has 0 unspecified atom stereocenters. The first-order valence-corrected chi connectivity index (χ1v) is 8.89. The maximum absolute atomic E-state index is 12.7. The summed E-state index contributed by atoms with van der Waals surface area (Å²) in [7, 11) is 1.79. The van der Waals surface area contributed by atoms with E-state index in [-0.39, 0.29) is 11.8 Å². The number of benzene rings is 2. The average molecular weight is 340 g/mol. The zero-order chi connectivity index (χ0) is 17.1. The number of nitrogens with zero attached hydrogens (tertiary/aromatic N) is 1. The second-order valence-corrected chi connectivity index (χ2v) is 7.14. The number of anilines is 1. The average Bonchev–Trinajstić information content (AvgIpc) is 2.76. The molecule has 0 aliphatic carbocycles. The highest BCUT2D eigenvalue weighted by atomic mass is 32.2. The molecule has 2 amide bonds. The maximum atomic E-state index is 12.7. The molecule has 2 aromatic rings. The number of rotatable bonds is 3. The summed E-state index contributed by atoms with van der Waals surface area (Å²) < 4.78 is 0. The Morgan fingerprint density at radius 3 is 2.71 bits per heavy atom. The largest absolute Gasteiger partial charge is 0.337 e. The minimum absolute atomic E-state index is 0.00106. The van der Waals surface area contributed by atoms with Gasteiger partial charge in [0.2, 0.25) is 5.91 Å². The Bertz CT molecular complexity index is 771. The van der Waals surface area contributed by atoms with Gasteiger partial charge in [0.05, 0.1) is 5.69 Å². The number of fused-ring (bicyclic) bond motifs is 1. The summed E-state index contributed by atoms with van der Waals surface area (Å²) in [6.45, 7) is 2.60. The van der Waals surface area contributed by atoms with Crippen molar-refractivity contribution in [2.45, 2.75) is 24.8 Å². The molecule has 0 fully saturated rings. The van der Waals surface area contributed by atoms with Crippen LogP contribution in [0.2, 0.25) is 0 Å². The number of aryl methyl sites for hydroxylation is 1. The SMILES string of the molecule is Cc1ccc(CN(C)C(=O)c2ccc3c(c2)NC(=O)CCS3)cc1. The van der Waals surface area contributed by atoms with E-state index in [9.17, 15) is 9.59 Å². The summed E-state index contributed by atoms with van der Waals surface area (Å²) in [4.78, 5) is 27.1. The van der Waals surface area contributed by atoms with E-state index in [0.29, 0.717) is 18.5 Å². The maximum Gasteiger partial charge on any atom is 0.253 e. The Morgan fingerprint density at radius 2 is 1.96 bits per heavy atom. The molecule has 0 atom stereocenters. The summed E-state index contributed by atoms with van der Waals surface area (Å²) in [5, 5.41) is 2.88. The first kappa shape index (κ1) is 16.6. The molecular weight excluding hydrogens is 320 g/mol. The van der Waals surface area contributed by atoms with Gasteiger partial charge in [-0.3, -0.25) is 9.59 Å². The number of hydrogen-bond acceptors (Lipinski definition) is 3. The van der Waals surface area contributed by atoms with Crippen molar-refractivity contribution >= 4 is 29.3 Å². The minimum Gasteiger partial charge on any atom is -0.337 e. The first-order valence-electron chi connectivity index (χ1n) is 7.90. The molecule has 0 aromatic heterocycles. The molecule has 2 aromatic carbocycles. The van der Waals surface area contributed by atoms with Crippen LogP contribution >= 0.6 is 11.8 Å². The Kier molecular flexibility index (Phi) is 4.90. The van der Waals surface area contributed by atoms with Crippen LogP contribution in [0.1, 0.15) is 27.9 Å². The number of thioether (sulfide) groups is 1. The molecule has 0 spiro atoms. The third kappa shape index (κ3) is 3.79. The van der Waals surface area contributed by atoms with E-state index in [0.717, 1.165) is 21.9 Å². The van der Waals surface area contributed by atoms with Crippen LogP contribution in [0.25, 0.3) is 0 Å². The van der Waals surface area contributed by atoms with Gasteiger partial charge in [-0.15, -0.1) is 11.8 Å². The van der Waals surface area contributed by atoms with Crippen molar-refractivity contribution in [1.82, 2.24) is 4.90 Å². The van der Waals surface area contributed by atoms with Gasteiger partial charge in [-0.05, 0) is 30.7 Å². The van der Waals surface area contributed by atoms with Gasteiger partial charge in [0.15, 0.2) is 0 Å². The topological polar surface area (TPSA) is 49.4 Å². The molecule has 24 heavy (non-hydrogen) atoms. The molecule has 0 saturated carbocycles. The van der Waals surface area contributed by atoms with Gasteiger partial charge in [-0.2, -0.15) is 0 Å². The van der Waals surface area contributed by atoms with Crippen LogP contribution in [0.4, 0.5) is 5.69 Å². The van der Waals surface area contributed by atoms with Crippen molar-refractivity contribution in [2.75, 3.05) is 18.1 Å². The summed E-state index contributed by atoms with van der Waals surface area (Å²) in [5.74, 6) is 0.708. The Labute approximate surface area is 146 Å². The second kappa shape index (κ2) is 7.09. The third-order valence-corrected chi connectivity index (χ3v) is 5.05. The first-order chi connectivity index (χ1) is 11.5. The van der Waals surface area contributed by atoms with E-state index in [1.165, 1.54) is 5.56 Å². The fourth-order valence-electron chi connectivity index (χ4n) is 2.61. The Morgan fingerprint density at radius 1 is 1.21 bits per heavy atom. The predicted octanol–water partition coefficient (Wildman–Crippen LogP) is 3.70. The summed E-state index contributed by atoms with van der Waals surface area (Å²) in [6.07, 6.45) is 0.496. The Hall–Kier alpha value is -2.27. The highest BCUT2D eigenvalue weighted by molar-refractivity contribution is 7.99. The molecule has 4 nitrogen and oxygen atoms in total. The van der Waals surface area contributed by atoms with Crippen LogP contribution in [-0.2, 0) is 11.3 Å². The van der Waals surface area contributed by atoms with E-state index >= 15 is 0 Å². The molecule has 1 heterocycles. The Balaban J connectivity index is 1.76. The quantitative estimate of drug-likeness (QED) is 0.927. The van der Waals surface area contributed by atoms with E-state index in [1.807, 2.05) is 43.3 Å². The van der Waals surface area contributed by atoms with Gasteiger partial charge in [-0.1, -0.05) is 29.8 Å². The molecule has 0 bridgehead atoms. The van der Waals surface area contributed by atoms with Crippen LogP contribution < -0.4 is 5.32 Å². The highest BCUT2D eigenvalue weighted by Gasteiger charge is 2.17. The molecule has 0 radical (unpaired) electrons. The normalized spacial score (nSPS) is 13.7. The fourth-order valence-corrected chi connectivity index (χ4v) is 3.55. The lowest BCUT2D eigenvalue weighted by molar-refractivity contribution is -0.115. The molecule has 1 aliphatic rings. The molecule has 1 aliphatic heterocycles. The van der Waals surface area contributed by atoms with Crippen LogP contribution in [0.3, 0.4) is 0 Å². The summed E-state index contributed by atoms with van der Waals surface area (Å²) >= 11 is 1.64. The van der Waals surface area contributed by atoms with Crippen LogP contribution in [0.15, 0.2) is 47.4 Å². The number of carbonyl (C=O) groups is 2. The van der Waals surface area contributed by atoms with Gasteiger partial charge in [-0.25, -0.2) is 0 Å². The van der Waals surface area contributed by atoms with Crippen molar-refractivity contribution in [3.05, 3.63) is 59.2 Å². The summed E-state index contributed by atoms with van der Waals surface area (Å²) in [5.41, 5.74) is 3.62. The van der Waals surface area contributed by atoms with E-state index < -0.39 is 0 Å². The summed E-state index contributed by atoms with van der Waals surface area (Å²) in [6, 6.07) is 13.7. The molecule has 1 N–H and O–H groups in total. The van der Waals surface area contributed by atoms with Crippen LogP contribution in [0, 0.1) is 6.92 Å². The van der Waals surface area contributed by atoms with Crippen LogP contribution in [-0.4, -0.2) is 29.5 Å². The monoisotopic (exact) mass is 340 g/mol. The highest BCUT2D eigenvalue weighted by Crippen LogP contribution is 2.31. The second-order valence-electron chi connectivity index (χ2n) is 6.00. The number of amides is 2. The lowest BCUT2D eigenvalue weighted by Crippen LogP contribution is -2.26. The number of hydrogen-bond donors (Lipinski definition) is 1. The fraction of sp³-hybridized carbons (Fsp3) is 0.263. The van der Waals surface area contributed by atoms with E-state index in [1.54, 1.807) is 29.8 Å². The molecule has 0 saturated heterocycles. The minimum atomic E-state index is -0.0538. The third-order valence-electron chi connectivity index (χ3n) is 3.97. The van der Waals surface area contributed by atoms with Gasteiger partial charge < -0.3 is 10.2 Å². The lowest BCUT2D eigenvalue weighted by atomic mass is 10.1. The predicted molar refractivity (Wildman–Crippen MR) is 97.4 cm³/mol. The van der Waals surface area contributed by atoms with Gasteiger partial charge in [0.25, 0.3) is 5.91 Å². The molecule has 5 heteroatoms. The zero-order valence-electron chi connectivity index (χ0n) is 13.8. The smallest absolute Gasteiger partial charge is 0.253 e. The van der Waals surface area contributed by atoms with Gasteiger partial charge in [0, 0.05) is 36.2 Å². The number of nitrogens with one attached hydrogen (secondary N) is 1. The van der Waals surface area contributed by atoms with Gasteiger partial charge in [0.1, 0.15) is 0 Å². The van der Waals surface area contributed by atoms with Gasteiger partial charge >= 0.3 is 0 Å². The number of carbonyl (C=O) groups excluding carboxylic acids is 2.